The first-order chi connectivity index (χ1) is 7.51. The zero-order chi connectivity index (χ0) is 12.6. The van der Waals surface area contributed by atoms with Gasteiger partial charge in [0.25, 0.3) is 0 Å². The molecule has 0 saturated carbocycles. The number of halogens is 1. The predicted octanol–water partition coefficient (Wildman–Crippen LogP) is 2.70. The van der Waals surface area contributed by atoms with Gasteiger partial charge in [0.15, 0.2) is 0 Å². The van der Waals surface area contributed by atoms with Crippen LogP contribution < -0.4 is 0 Å². The maximum atomic E-state index is 12.0. The molecule has 0 spiro atoms. The summed E-state index contributed by atoms with van der Waals surface area (Å²) in [6.07, 6.45) is 2.58. The van der Waals surface area contributed by atoms with Gasteiger partial charge < -0.3 is 0 Å². The van der Waals surface area contributed by atoms with Gasteiger partial charge in [-0.1, -0.05) is 33.6 Å². The normalized spacial score (nSPS) is 12.6. The van der Waals surface area contributed by atoms with Crippen LogP contribution in [-0.4, -0.2) is 37.4 Å². The molecule has 5 heteroatoms. The molecule has 0 fully saturated rings. The molecule has 0 bridgehead atoms. The summed E-state index contributed by atoms with van der Waals surface area (Å²) >= 11 is 5.53. The summed E-state index contributed by atoms with van der Waals surface area (Å²) in [4.78, 5) is 0. The van der Waals surface area contributed by atoms with Crippen LogP contribution in [0.1, 0.15) is 40.0 Å². The largest absolute Gasteiger partial charge is 0.214 e. The molecule has 0 unspecified atom stereocenters. The molecule has 0 amide bonds. The van der Waals surface area contributed by atoms with Crippen molar-refractivity contribution in [3.63, 3.8) is 0 Å². The zero-order valence-corrected chi connectivity index (χ0v) is 12.1. The number of nitrogens with zero attached hydrogens (tertiary/aromatic N) is 1. The molecule has 0 N–H and O–H groups in total. The molecular weight excluding hydrogens is 246 g/mol. The molecule has 0 aromatic rings. The summed E-state index contributed by atoms with van der Waals surface area (Å²) in [6, 6.07) is 0. The van der Waals surface area contributed by atoms with Crippen LogP contribution >= 0.6 is 11.6 Å². The van der Waals surface area contributed by atoms with E-state index in [9.17, 15) is 8.42 Å². The van der Waals surface area contributed by atoms with Crippen LogP contribution in [0.2, 0.25) is 0 Å². The molecule has 0 aliphatic heterocycles. The Labute approximate surface area is 105 Å². The Kier molecular flexibility index (Phi) is 8.42. The highest BCUT2D eigenvalue weighted by molar-refractivity contribution is 7.89. The first-order valence-electron chi connectivity index (χ1n) is 6.05. The van der Waals surface area contributed by atoms with E-state index in [0.29, 0.717) is 31.3 Å². The number of sulfonamides is 1. The average Bonchev–Trinajstić information content (AvgIpc) is 2.28. The van der Waals surface area contributed by atoms with Crippen LogP contribution in [0, 0.1) is 5.92 Å². The van der Waals surface area contributed by atoms with Gasteiger partial charge in [0.1, 0.15) is 0 Å². The number of hydrogen-bond donors (Lipinski definition) is 0. The second kappa shape index (κ2) is 8.31. The zero-order valence-electron chi connectivity index (χ0n) is 10.6. The highest BCUT2D eigenvalue weighted by Crippen LogP contribution is 2.13. The van der Waals surface area contributed by atoms with Crippen LogP contribution in [0.3, 0.4) is 0 Å². The second-order valence-electron chi connectivity index (χ2n) is 3.99. The van der Waals surface area contributed by atoms with Gasteiger partial charge >= 0.3 is 0 Å². The molecule has 0 heterocycles. The fourth-order valence-electron chi connectivity index (χ4n) is 1.64. The fraction of sp³-hybridized carbons (Fsp3) is 1.00. The van der Waals surface area contributed by atoms with Crippen LogP contribution in [0.4, 0.5) is 0 Å². The van der Waals surface area contributed by atoms with Crippen LogP contribution in [-0.2, 0) is 10.0 Å². The minimum atomic E-state index is -3.10. The second-order valence-corrected chi connectivity index (χ2v) is 6.46. The number of alkyl halides is 1. The third-order valence-corrected chi connectivity index (χ3v) is 5.16. The Bertz CT molecular complexity index is 263. The summed E-state index contributed by atoms with van der Waals surface area (Å²) in [5, 5.41) is 0. The fourth-order valence-corrected chi connectivity index (χ4v) is 3.53. The summed E-state index contributed by atoms with van der Waals surface area (Å²) in [7, 11) is -3.10. The summed E-state index contributed by atoms with van der Waals surface area (Å²) in [5.41, 5.74) is 0. The maximum Gasteiger partial charge on any atom is 0.214 e. The van der Waals surface area contributed by atoms with Gasteiger partial charge in [0.2, 0.25) is 10.0 Å². The summed E-state index contributed by atoms with van der Waals surface area (Å²) in [5.74, 6) is 1.04. The molecule has 16 heavy (non-hydrogen) atoms. The third kappa shape index (κ3) is 5.51. The van der Waals surface area contributed by atoms with Crippen LogP contribution in [0.15, 0.2) is 0 Å². The van der Waals surface area contributed by atoms with Crippen molar-refractivity contribution in [2.45, 2.75) is 40.0 Å². The van der Waals surface area contributed by atoms with E-state index in [2.05, 4.69) is 13.8 Å². The van der Waals surface area contributed by atoms with Crippen LogP contribution in [0.25, 0.3) is 0 Å². The minimum absolute atomic E-state index is 0.171. The lowest BCUT2D eigenvalue weighted by Crippen LogP contribution is -2.36. The van der Waals surface area contributed by atoms with Gasteiger partial charge in [-0.05, 0) is 12.3 Å². The standard InChI is InChI=1S/C11H24ClNO2S/c1-4-11(5-2)10-13(6-3)16(14,15)9-7-8-12/h11H,4-10H2,1-3H3. The lowest BCUT2D eigenvalue weighted by Gasteiger charge is -2.24. The molecule has 0 aromatic carbocycles. The van der Waals surface area contributed by atoms with Gasteiger partial charge in [0, 0.05) is 19.0 Å². The van der Waals surface area contributed by atoms with E-state index in [1.165, 1.54) is 0 Å². The van der Waals surface area contributed by atoms with E-state index in [1.807, 2.05) is 6.92 Å². The highest BCUT2D eigenvalue weighted by atomic mass is 35.5. The number of hydrogen-bond acceptors (Lipinski definition) is 2. The molecule has 0 atom stereocenters. The minimum Gasteiger partial charge on any atom is -0.212 e. The van der Waals surface area contributed by atoms with Crippen molar-refractivity contribution in [2.75, 3.05) is 24.7 Å². The summed E-state index contributed by atoms with van der Waals surface area (Å²) < 4.78 is 25.5. The van der Waals surface area contributed by atoms with Gasteiger partial charge in [-0.2, -0.15) is 0 Å². The van der Waals surface area contributed by atoms with Crippen LogP contribution in [0.5, 0.6) is 0 Å². The molecule has 0 aromatic heterocycles. The van der Waals surface area contributed by atoms with Crippen molar-refractivity contribution >= 4 is 21.6 Å². The van der Waals surface area contributed by atoms with Gasteiger partial charge in [-0.3, -0.25) is 0 Å². The van der Waals surface area contributed by atoms with E-state index < -0.39 is 10.0 Å². The topological polar surface area (TPSA) is 37.4 Å². The molecule has 3 nitrogen and oxygen atoms in total. The Balaban J connectivity index is 4.46. The van der Waals surface area contributed by atoms with E-state index in [-0.39, 0.29) is 5.75 Å². The maximum absolute atomic E-state index is 12.0. The van der Waals surface area contributed by atoms with Crippen molar-refractivity contribution in [3.05, 3.63) is 0 Å². The molecule has 0 radical (unpaired) electrons. The van der Waals surface area contributed by atoms with Crippen molar-refractivity contribution in [2.24, 2.45) is 5.92 Å². The molecule has 0 aliphatic carbocycles. The Morgan fingerprint density at radius 2 is 1.75 bits per heavy atom. The third-order valence-electron chi connectivity index (χ3n) is 2.90. The van der Waals surface area contributed by atoms with E-state index in [1.54, 1.807) is 4.31 Å². The van der Waals surface area contributed by atoms with Gasteiger partial charge in [-0.15, -0.1) is 11.6 Å². The number of rotatable bonds is 9. The monoisotopic (exact) mass is 269 g/mol. The SMILES string of the molecule is CCC(CC)CN(CC)S(=O)(=O)CCCCl. The van der Waals surface area contributed by atoms with Crippen molar-refractivity contribution in [3.8, 4) is 0 Å². The Morgan fingerprint density at radius 3 is 2.12 bits per heavy atom. The van der Waals surface area contributed by atoms with E-state index in [0.717, 1.165) is 12.8 Å². The average molecular weight is 270 g/mol. The molecule has 98 valence electrons. The van der Waals surface area contributed by atoms with Crippen molar-refractivity contribution in [1.82, 2.24) is 4.31 Å². The Hall–Kier alpha value is 0.200. The predicted molar refractivity (Wildman–Crippen MR) is 70.4 cm³/mol. The first-order valence-corrected chi connectivity index (χ1v) is 8.19. The van der Waals surface area contributed by atoms with E-state index in [4.69, 9.17) is 11.6 Å². The first kappa shape index (κ1) is 16.2. The van der Waals surface area contributed by atoms with Gasteiger partial charge in [0.05, 0.1) is 5.75 Å². The molecule has 0 rings (SSSR count). The smallest absolute Gasteiger partial charge is 0.212 e. The molecular formula is C11H24ClNO2S. The molecule has 0 saturated heterocycles. The quantitative estimate of drug-likeness (QED) is 0.604. The van der Waals surface area contributed by atoms with Gasteiger partial charge in [-0.25, -0.2) is 12.7 Å². The van der Waals surface area contributed by atoms with Crippen molar-refractivity contribution < 1.29 is 8.42 Å². The summed E-state index contributed by atoms with van der Waals surface area (Å²) in [6.45, 7) is 7.30. The Morgan fingerprint density at radius 1 is 1.19 bits per heavy atom. The molecule has 0 aliphatic rings. The lowest BCUT2D eigenvalue weighted by atomic mass is 10.0. The van der Waals surface area contributed by atoms with E-state index >= 15 is 0 Å². The highest BCUT2D eigenvalue weighted by Gasteiger charge is 2.22. The lowest BCUT2D eigenvalue weighted by molar-refractivity contribution is 0.339. The van der Waals surface area contributed by atoms with Crippen molar-refractivity contribution in [1.29, 1.82) is 0 Å².